The lowest BCUT2D eigenvalue weighted by Crippen LogP contribution is -2.44. The van der Waals surface area contributed by atoms with Crippen molar-refractivity contribution in [2.24, 2.45) is 0 Å². The average molecular weight is 411 g/mol. The second kappa shape index (κ2) is 12.7. The van der Waals surface area contributed by atoms with E-state index in [4.69, 9.17) is 4.74 Å². The first-order valence-corrected chi connectivity index (χ1v) is 11.5. The Morgan fingerprint density at radius 1 is 1.07 bits per heavy atom. The molecule has 1 saturated heterocycles. The van der Waals surface area contributed by atoms with Gasteiger partial charge in [0.1, 0.15) is 5.75 Å². The number of unbranched alkanes of at least 4 members (excludes halogenated alkanes) is 1. The third kappa shape index (κ3) is 7.38. The number of aromatic nitrogens is 1. The number of nitrogens with one attached hydrogen (secondary N) is 1. The first-order chi connectivity index (χ1) is 14.8. The SMILES string of the molecule is CCCCC(NCc1ccccc1OCCCN1CCN(C)CC1)c1cccnc1. The van der Waals surface area contributed by atoms with Gasteiger partial charge < -0.3 is 19.9 Å². The van der Waals surface area contributed by atoms with Crippen LogP contribution in [0.25, 0.3) is 0 Å². The van der Waals surface area contributed by atoms with Gasteiger partial charge in [-0.1, -0.05) is 44.0 Å². The topological polar surface area (TPSA) is 40.6 Å². The molecular weight excluding hydrogens is 372 g/mol. The molecule has 0 amide bonds. The van der Waals surface area contributed by atoms with E-state index < -0.39 is 0 Å². The third-order valence-corrected chi connectivity index (χ3v) is 5.92. The number of benzene rings is 1. The summed E-state index contributed by atoms with van der Waals surface area (Å²) in [6, 6.07) is 12.9. The highest BCUT2D eigenvalue weighted by atomic mass is 16.5. The molecule has 0 radical (unpaired) electrons. The number of para-hydroxylation sites is 1. The maximum absolute atomic E-state index is 6.18. The van der Waals surface area contributed by atoms with Crippen LogP contribution in [0.1, 0.15) is 49.8 Å². The van der Waals surface area contributed by atoms with Crippen molar-refractivity contribution >= 4 is 0 Å². The maximum atomic E-state index is 6.18. The molecule has 1 aliphatic heterocycles. The fourth-order valence-electron chi connectivity index (χ4n) is 3.94. The summed E-state index contributed by atoms with van der Waals surface area (Å²) in [6.07, 6.45) is 8.42. The fourth-order valence-corrected chi connectivity index (χ4v) is 3.94. The predicted molar refractivity (Wildman–Crippen MR) is 124 cm³/mol. The molecule has 1 aliphatic rings. The molecule has 0 aliphatic carbocycles. The molecule has 1 atom stereocenters. The smallest absolute Gasteiger partial charge is 0.123 e. The zero-order valence-corrected chi connectivity index (χ0v) is 18.7. The van der Waals surface area contributed by atoms with Gasteiger partial charge in [0.25, 0.3) is 0 Å². The standard InChI is InChI=1S/C25H38N4O/c1-3-4-11-24(22-10-7-13-26-20-22)27-21-23-9-5-6-12-25(23)30-19-8-14-29-17-15-28(2)16-18-29/h5-7,9-10,12-13,20,24,27H,3-4,8,11,14-19,21H2,1-2H3. The van der Waals surface area contributed by atoms with Crippen molar-refractivity contribution < 1.29 is 4.74 Å². The summed E-state index contributed by atoms with van der Waals surface area (Å²) >= 11 is 0. The van der Waals surface area contributed by atoms with E-state index in [2.05, 4.69) is 64.4 Å². The summed E-state index contributed by atoms with van der Waals surface area (Å²) in [5, 5.41) is 3.74. The van der Waals surface area contributed by atoms with Crippen LogP contribution in [0.4, 0.5) is 0 Å². The normalized spacial score (nSPS) is 16.5. The van der Waals surface area contributed by atoms with Crippen LogP contribution in [-0.2, 0) is 6.54 Å². The van der Waals surface area contributed by atoms with Crippen molar-refractivity contribution in [3.8, 4) is 5.75 Å². The van der Waals surface area contributed by atoms with Crippen molar-refractivity contribution in [2.45, 2.75) is 45.2 Å². The molecule has 1 aromatic carbocycles. The molecule has 3 rings (SSSR count). The minimum atomic E-state index is 0.323. The maximum Gasteiger partial charge on any atom is 0.123 e. The lowest BCUT2D eigenvalue weighted by molar-refractivity contribution is 0.145. The number of likely N-dealkylation sites (N-methyl/N-ethyl adjacent to an activating group) is 1. The Morgan fingerprint density at radius 3 is 2.67 bits per heavy atom. The van der Waals surface area contributed by atoms with Gasteiger partial charge >= 0.3 is 0 Å². The van der Waals surface area contributed by atoms with E-state index in [1.54, 1.807) is 0 Å². The lowest BCUT2D eigenvalue weighted by Gasteiger charge is -2.32. The summed E-state index contributed by atoms with van der Waals surface area (Å²) < 4.78 is 6.18. The Kier molecular flexibility index (Phi) is 9.61. The van der Waals surface area contributed by atoms with Crippen LogP contribution in [0.2, 0.25) is 0 Å². The van der Waals surface area contributed by atoms with Crippen molar-refractivity contribution in [1.82, 2.24) is 20.1 Å². The van der Waals surface area contributed by atoms with Gasteiger partial charge in [-0.15, -0.1) is 0 Å². The van der Waals surface area contributed by atoms with Gasteiger partial charge in [0.2, 0.25) is 0 Å². The quantitative estimate of drug-likeness (QED) is 0.533. The number of pyridine rings is 1. The number of rotatable bonds is 12. The highest BCUT2D eigenvalue weighted by Gasteiger charge is 2.14. The molecule has 0 spiro atoms. The minimum absolute atomic E-state index is 0.323. The largest absolute Gasteiger partial charge is 0.493 e. The van der Waals surface area contributed by atoms with E-state index in [9.17, 15) is 0 Å². The van der Waals surface area contributed by atoms with Gasteiger partial charge in [-0.2, -0.15) is 0 Å². The molecule has 164 valence electrons. The third-order valence-electron chi connectivity index (χ3n) is 5.92. The van der Waals surface area contributed by atoms with Crippen LogP contribution in [0.5, 0.6) is 5.75 Å². The van der Waals surface area contributed by atoms with Crippen molar-refractivity contribution in [3.63, 3.8) is 0 Å². The minimum Gasteiger partial charge on any atom is -0.493 e. The Bertz CT molecular complexity index is 716. The van der Waals surface area contributed by atoms with Gasteiger partial charge in [0, 0.05) is 63.3 Å². The van der Waals surface area contributed by atoms with E-state index >= 15 is 0 Å². The molecule has 1 unspecified atom stereocenters. The van der Waals surface area contributed by atoms with Crippen LogP contribution < -0.4 is 10.1 Å². The second-order valence-corrected chi connectivity index (χ2v) is 8.32. The predicted octanol–water partition coefficient (Wildman–Crippen LogP) is 4.12. The zero-order valence-electron chi connectivity index (χ0n) is 18.7. The van der Waals surface area contributed by atoms with E-state index in [0.717, 1.165) is 38.3 Å². The molecule has 5 nitrogen and oxygen atoms in total. The second-order valence-electron chi connectivity index (χ2n) is 8.32. The first-order valence-electron chi connectivity index (χ1n) is 11.5. The van der Waals surface area contributed by atoms with Crippen molar-refractivity contribution in [3.05, 3.63) is 59.9 Å². The summed E-state index contributed by atoms with van der Waals surface area (Å²) in [5.41, 5.74) is 2.49. The van der Waals surface area contributed by atoms with E-state index in [1.807, 2.05) is 18.5 Å². The van der Waals surface area contributed by atoms with Crippen molar-refractivity contribution in [2.75, 3.05) is 46.4 Å². The molecule has 0 saturated carbocycles. The van der Waals surface area contributed by atoms with Crippen LogP contribution in [0.3, 0.4) is 0 Å². The Morgan fingerprint density at radius 2 is 1.90 bits per heavy atom. The van der Waals surface area contributed by atoms with Gasteiger partial charge in [-0.25, -0.2) is 0 Å². The highest BCUT2D eigenvalue weighted by molar-refractivity contribution is 5.33. The first kappa shape index (κ1) is 22.7. The molecule has 0 bridgehead atoms. The molecular formula is C25H38N4O. The summed E-state index contributed by atoms with van der Waals surface area (Å²) in [7, 11) is 2.20. The summed E-state index contributed by atoms with van der Waals surface area (Å²) in [4.78, 5) is 9.25. The monoisotopic (exact) mass is 410 g/mol. The Hall–Kier alpha value is -1.95. The van der Waals surface area contributed by atoms with Crippen LogP contribution in [0.15, 0.2) is 48.8 Å². The van der Waals surface area contributed by atoms with Gasteiger partial charge in [-0.05, 0) is 37.6 Å². The number of hydrogen-bond donors (Lipinski definition) is 1. The number of piperazine rings is 1. The average Bonchev–Trinajstić information content (AvgIpc) is 2.79. The summed E-state index contributed by atoms with van der Waals surface area (Å²) in [6.45, 7) is 9.62. The van der Waals surface area contributed by atoms with E-state index in [0.29, 0.717) is 6.04 Å². The van der Waals surface area contributed by atoms with Crippen molar-refractivity contribution in [1.29, 1.82) is 0 Å². The molecule has 1 fully saturated rings. The lowest BCUT2D eigenvalue weighted by atomic mass is 10.0. The molecule has 1 aromatic heterocycles. The molecule has 1 N–H and O–H groups in total. The van der Waals surface area contributed by atoms with Gasteiger partial charge in [0.15, 0.2) is 0 Å². The zero-order chi connectivity index (χ0) is 21.0. The van der Waals surface area contributed by atoms with Crippen LogP contribution in [-0.4, -0.2) is 61.2 Å². The molecule has 2 heterocycles. The summed E-state index contributed by atoms with van der Waals surface area (Å²) in [5.74, 6) is 1.00. The molecule has 30 heavy (non-hydrogen) atoms. The highest BCUT2D eigenvalue weighted by Crippen LogP contribution is 2.22. The van der Waals surface area contributed by atoms with E-state index in [1.165, 1.54) is 50.1 Å². The van der Waals surface area contributed by atoms with Crippen LogP contribution in [0, 0.1) is 0 Å². The van der Waals surface area contributed by atoms with Gasteiger partial charge in [0.05, 0.1) is 6.61 Å². The Labute approximate surface area is 182 Å². The van der Waals surface area contributed by atoms with E-state index in [-0.39, 0.29) is 0 Å². The van der Waals surface area contributed by atoms with Crippen LogP contribution >= 0.6 is 0 Å². The number of ether oxygens (including phenoxy) is 1. The molecule has 2 aromatic rings. The number of nitrogens with zero attached hydrogens (tertiary/aromatic N) is 3. The Balaban J connectivity index is 1.49. The van der Waals surface area contributed by atoms with Gasteiger partial charge in [-0.3, -0.25) is 4.98 Å². The molecule has 5 heteroatoms. The number of hydrogen-bond acceptors (Lipinski definition) is 5. The fraction of sp³-hybridized carbons (Fsp3) is 0.560.